The number of benzene rings is 2. The molecule has 0 aliphatic heterocycles. The third kappa shape index (κ3) is 3.83. The smallest absolute Gasteiger partial charge is 0.119 e. The second-order valence-electron chi connectivity index (χ2n) is 5.15. The summed E-state index contributed by atoms with van der Waals surface area (Å²) in [7, 11) is 0. The van der Waals surface area contributed by atoms with E-state index >= 15 is 0 Å². The second kappa shape index (κ2) is 5.89. The van der Waals surface area contributed by atoms with E-state index in [4.69, 9.17) is 10.5 Å². The van der Waals surface area contributed by atoms with Crippen LogP contribution in [0.25, 0.3) is 0 Å². The van der Waals surface area contributed by atoms with Gasteiger partial charge in [-0.1, -0.05) is 47.0 Å². The van der Waals surface area contributed by atoms with Crippen molar-refractivity contribution in [1.29, 1.82) is 0 Å². The summed E-state index contributed by atoms with van der Waals surface area (Å²) in [4.78, 5) is 0. The molecule has 0 aromatic heterocycles. The zero-order valence-electron chi connectivity index (χ0n) is 11.8. The van der Waals surface area contributed by atoms with Crippen LogP contribution in [0.5, 0.6) is 5.75 Å². The van der Waals surface area contributed by atoms with Crippen LogP contribution in [0.4, 0.5) is 0 Å². The molecule has 0 bridgehead atoms. The van der Waals surface area contributed by atoms with Gasteiger partial charge in [0.2, 0.25) is 0 Å². The topological polar surface area (TPSA) is 35.2 Å². The normalized spacial score (nSPS) is 12.2. The van der Waals surface area contributed by atoms with Gasteiger partial charge < -0.3 is 10.5 Å². The highest BCUT2D eigenvalue weighted by Crippen LogP contribution is 2.18. The summed E-state index contributed by atoms with van der Waals surface area (Å²) in [5.74, 6) is 0.866. The Morgan fingerprint density at radius 2 is 1.47 bits per heavy atom. The highest BCUT2D eigenvalue weighted by Gasteiger charge is 2.08. The van der Waals surface area contributed by atoms with E-state index in [9.17, 15) is 0 Å². The first-order valence-corrected chi connectivity index (χ1v) is 6.58. The maximum Gasteiger partial charge on any atom is 0.119 e. The lowest BCUT2D eigenvalue weighted by atomic mass is 10.0. The van der Waals surface area contributed by atoms with Gasteiger partial charge in [0.15, 0.2) is 0 Å². The van der Waals surface area contributed by atoms with Crippen molar-refractivity contribution in [2.75, 3.05) is 6.61 Å². The van der Waals surface area contributed by atoms with Gasteiger partial charge in [-0.3, -0.25) is 0 Å². The summed E-state index contributed by atoms with van der Waals surface area (Å²) in [5, 5.41) is 0. The SMILES string of the molecule is Cc1ccc(OCC(N)c2cc(C)cc(C)c2)cc1. The Morgan fingerprint density at radius 1 is 0.895 bits per heavy atom. The van der Waals surface area contributed by atoms with E-state index in [2.05, 4.69) is 39.0 Å². The predicted molar refractivity (Wildman–Crippen MR) is 79.5 cm³/mol. The van der Waals surface area contributed by atoms with E-state index < -0.39 is 0 Å². The molecule has 2 heteroatoms. The molecular formula is C17H21NO. The maximum atomic E-state index is 6.19. The van der Waals surface area contributed by atoms with Gasteiger partial charge in [0.25, 0.3) is 0 Å². The molecule has 0 fully saturated rings. The van der Waals surface area contributed by atoms with Crippen molar-refractivity contribution in [3.63, 3.8) is 0 Å². The quantitative estimate of drug-likeness (QED) is 0.904. The molecule has 2 nitrogen and oxygen atoms in total. The van der Waals surface area contributed by atoms with Gasteiger partial charge in [0.05, 0.1) is 6.04 Å². The lowest BCUT2D eigenvalue weighted by molar-refractivity contribution is 0.290. The molecule has 1 unspecified atom stereocenters. The van der Waals surface area contributed by atoms with Gasteiger partial charge in [0.1, 0.15) is 12.4 Å². The summed E-state index contributed by atoms with van der Waals surface area (Å²) in [6, 6.07) is 14.3. The number of ether oxygens (including phenoxy) is 1. The molecule has 0 saturated heterocycles. The zero-order valence-corrected chi connectivity index (χ0v) is 11.8. The van der Waals surface area contributed by atoms with Crippen LogP contribution in [0, 0.1) is 20.8 Å². The molecule has 0 radical (unpaired) electrons. The fourth-order valence-electron chi connectivity index (χ4n) is 2.14. The van der Waals surface area contributed by atoms with Crippen LogP contribution in [0.15, 0.2) is 42.5 Å². The van der Waals surface area contributed by atoms with Gasteiger partial charge in [-0.2, -0.15) is 0 Å². The molecule has 0 heterocycles. The molecule has 0 saturated carbocycles. The fraction of sp³-hybridized carbons (Fsp3) is 0.294. The lowest BCUT2D eigenvalue weighted by Gasteiger charge is -2.15. The second-order valence-corrected chi connectivity index (χ2v) is 5.15. The third-order valence-corrected chi connectivity index (χ3v) is 3.12. The first kappa shape index (κ1) is 13.6. The summed E-state index contributed by atoms with van der Waals surface area (Å²) < 4.78 is 5.73. The Labute approximate surface area is 115 Å². The summed E-state index contributed by atoms with van der Waals surface area (Å²) in [5.41, 5.74) is 11.0. The zero-order chi connectivity index (χ0) is 13.8. The van der Waals surface area contributed by atoms with Gasteiger partial charge in [-0.25, -0.2) is 0 Å². The van der Waals surface area contributed by atoms with E-state index in [1.807, 2.05) is 24.3 Å². The molecule has 2 aromatic rings. The van der Waals surface area contributed by atoms with Crippen molar-refractivity contribution < 1.29 is 4.74 Å². The predicted octanol–water partition coefficient (Wildman–Crippen LogP) is 3.69. The van der Waals surface area contributed by atoms with Gasteiger partial charge in [-0.15, -0.1) is 0 Å². The molecule has 0 spiro atoms. The highest BCUT2D eigenvalue weighted by molar-refractivity contribution is 5.31. The van der Waals surface area contributed by atoms with Crippen LogP contribution in [0.3, 0.4) is 0 Å². The molecule has 2 N–H and O–H groups in total. The molecule has 19 heavy (non-hydrogen) atoms. The Balaban J connectivity index is 2.00. The van der Waals surface area contributed by atoms with Crippen LogP contribution in [0.1, 0.15) is 28.3 Å². The van der Waals surface area contributed by atoms with Crippen molar-refractivity contribution >= 4 is 0 Å². The minimum atomic E-state index is -0.0973. The van der Waals surface area contributed by atoms with E-state index in [0.29, 0.717) is 6.61 Å². The largest absolute Gasteiger partial charge is 0.492 e. The third-order valence-electron chi connectivity index (χ3n) is 3.12. The lowest BCUT2D eigenvalue weighted by Crippen LogP contribution is -2.19. The molecule has 2 rings (SSSR count). The molecule has 0 aliphatic carbocycles. The van der Waals surface area contributed by atoms with Crippen LogP contribution in [-0.4, -0.2) is 6.61 Å². The van der Waals surface area contributed by atoms with E-state index in [1.165, 1.54) is 16.7 Å². The van der Waals surface area contributed by atoms with Crippen molar-refractivity contribution in [3.8, 4) is 5.75 Å². The first-order chi connectivity index (χ1) is 9.04. The minimum absolute atomic E-state index is 0.0973. The minimum Gasteiger partial charge on any atom is -0.492 e. The van der Waals surface area contributed by atoms with Crippen molar-refractivity contribution in [2.45, 2.75) is 26.8 Å². The van der Waals surface area contributed by atoms with Crippen LogP contribution in [-0.2, 0) is 0 Å². The number of aryl methyl sites for hydroxylation is 3. The number of hydrogen-bond donors (Lipinski definition) is 1. The Morgan fingerprint density at radius 3 is 2.05 bits per heavy atom. The van der Waals surface area contributed by atoms with E-state index in [0.717, 1.165) is 11.3 Å². The molecule has 100 valence electrons. The summed E-state index contributed by atoms with van der Waals surface area (Å²) in [6.07, 6.45) is 0. The molecule has 2 aromatic carbocycles. The van der Waals surface area contributed by atoms with E-state index in [-0.39, 0.29) is 6.04 Å². The van der Waals surface area contributed by atoms with Crippen molar-refractivity contribution in [1.82, 2.24) is 0 Å². The Bertz CT molecular complexity index is 525. The Hall–Kier alpha value is -1.80. The number of hydrogen-bond acceptors (Lipinski definition) is 2. The number of nitrogens with two attached hydrogens (primary N) is 1. The average Bonchev–Trinajstić information content (AvgIpc) is 2.36. The molecule has 0 aliphatic rings. The van der Waals surface area contributed by atoms with Crippen molar-refractivity contribution in [2.24, 2.45) is 5.73 Å². The summed E-state index contributed by atoms with van der Waals surface area (Å²) in [6.45, 7) is 6.73. The Kier molecular flexibility index (Phi) is 4.23. The monoisotopic (exact) mass is 255 g/mol. The van der Waals surface area contributed by atoms with Crippen molar-refractivity contribution in [3.05, 3.63) is 64.7 Å². The van der Waals surface area contributed by atoms with Gasteiger partial charge >= 0.3 is 0 Å². The van der Waals surface area contributed by atoms with Gasteiger partial charge in [0, 0.05) is 0 Å². The summed E-state index contributed by atoms with van der Waals surface area (Å²) >= 11 is 0. The maximum absolute atomic E-state index is 6.19. The highest BCUT2D eigenvalue weighted by atomic mass is 16.5. The standard InChI is InChI=1S/C17H21NO/c1-12-4-6-16(7-5-12)19-11-17(18)15-9-13(2)8-14(3)10-15/h4-10,17H,11,18H2,1-3H3. The average molecular weight is 255 g/mol. The van der Waals surface area contributed by atoms with E-state index in [1.54, 1.807) is 0 Å². The molecular weight excluding hydrogens is 234 g/mol. The van der Waals surface area contributed by atoms with Crippen LogP contribution < -0.4 is 10.5 Å². The molecule has 1 atom stereocenters. The molecule has 0 amide bonds. The first-order valence-electron chi connectivity index (χ1n) is 6.58. The van der Waals surface area contributed by atoms with Gasteiger partial charge in [-0.05, 0) is 38.5 Å². The number of rotatable bonds is 4. The fourth-order valence-corrected chi connectivity index (χ4v) is 2.14. The van der Waals surface area contributed by atoms with Crippen LogP contribution in [0.2, 0.25) is 0 Å². The van der Waals surface area contributed by atoms with Crippen LogP contribution >= 0.6 is 0 Å².